The summed E-state index contributed by atoms with van der Waals surface area (Å²) >= 11 is 0. The van der Waals surface area contributed by atoms with Gasteiger partial charge in [-0.05, 0) is 30.9 Å². The Morgan fingerprint density at radius 1 is 1.04 bits per heavy atom. The molecule has 5 heteroatoms. The highest BCUT2D eigenvalue weighted by atomic mass is 15.3. The number of hydrogen-bond donors (Lipinski definition) is 0. The minimum atomic E-state index is 0.525. The molecule has 1 unspecified atom stereocenters. The van der Waals surface area contributed by atoms with Crippen LogP contribution < -0.4 is 0 Å². The van der Waals surface area contributed by atoms with Gasteiger partial charge in [-0.25, -0.2) is 4.68 Å². The van der Waals surface area contributed by atoms with Crippen LogP contribution in [0.15, 0.2) is 36.5 Å². The van der Waals surface area contributed by atoms with E-state index in [1.165, 1.54) is 37.7 Å². The van der Waals surface area contributed by atoms with Crippen molar-refractivity contribution in [3.63, 3.8) is 0 Å². The zero-order valence-corrected chi connectivity index (χ0v) is 15.3. The van der Waals surface area contributed by atoms with Crippen molar-refractivity contribution >= 4 is 0 Å². The molecule has 0 radical (unpaired) electrons. The monoisotopic (exact) mass is 347 g/mol. The average molecular weight is 347 g/mol. The van der Waals surface area contributed by atoms with Gasteiger partial charge in [0, 0.05) is 24.4 Å². The molecule has 5 nitrogen and oxygen atoms in total. The van der Waals surface area contributed by atoms with E-state index in [0.29, 0.717) is 5.92 Å². The summed E-state index contributed by atoms with van der Waals surface area (Å²) < 4.78 is 4.41. The van der Waals surface area contributed by atoms with Crippen molar-refractivity contribution in [1.82, 2.24) is 24.5 Å². The van der Waals surface area contributed by atoms with Gasteiger partial charge in [-0.3, -0.25) is 0 Å². The summed E-state index contributed by atoms with van der Waals surface area (Å²) in [7, 11) is 0. The quantitative estimate of drug-likeness (QED) is 0.707. The van der Waals surface area contributed by atoms with E-state index in [4.69, 9.17) is 5.10 Å². The van der Waals surface area contributed by atoms with Crippen molar-refractivity contribution in [3.05, 3.63) is 47.9 Å². The molecule has 3 heterocycles. The van der Waals surface area contributed by atoms with E-state index in [2.05, 4.69) is 56.8 Å². The smallest absolute Gasteiger partial charge is 0.183 e. The van der Waals surface area contributed by atoms with Crippen molar-refractivity contribution in [2.24, 2.45) is 5.92 Å². The lowest BCUT2D eigenvalue weighted by Gasteiger charge is -2.34. The summed E-state index contributed by atoms with van der Waals surface area (Å²) in [6.45, 7) is 3.17. The van der Waals surface area contributed by atoms with Crippen LogP contribution in [0.3, 0.4) is 0 Å². The molecule has 1 aromatic carbocycles. The van der Waals surface area contributed by atoms with Gasteiger partial charge in [0.2, 0.25) is 0 Å². The fraction of sp³-hybridized carbons (Fsp3) is 0.476. The third-order valence-corrected chi connectivity index (χ3v) is 6.15. The largest absolute Gasteiger partial charge is 0.309 e. The Kier molecular flexibility index (Phi) is 3.88. The molecular weight excluding hydrogens is 322 g/mol. The van der Waals surface area contributed by atoms with Crippen molar-refractivity contribution in [2.75, 3.05) is 0 Å². The second-order valence-corrected chi connectivity index (χ2v) is 7.60. The van der Waals surface area contributed by atoms with Gasteiger partial charge in [-0.15, -0.1) is 10.2 Å². The third-order valence-electron chi connectivity index (χ3n) is 6.15. The fourth-order valence-corrected chi connectivity index (χ4v) is 4.82. The van der Waals surface area contributed by atoms with E-state index in [9.17, 15) is 0 Å². The molecule has 2 aromatic heterocycles. The SMILES string of the molecule is CCc1nnc2n1CC(C1CCCCC1)c1cnn(-c3ccccc3)c1-2. The molecule has 0 spiro atoms. The van der Waals surface area contributed by atoms with E-state index < -0.39 is 0 Å². The lowest BCUT2D eigenvalue weighted by Crippen LogP contribution is -2.26. The van der Waals surface area contributed by atoms with Crippen LogP contribution in [0.2, 0.25) is 0 Å². The minimum Gasteiger partial charge on any atom is -0.309 e. The highest BCUT2D eigenvalue weighted by Crippen LogP contribution is 2.44. The summed E-state index contributed by atoms with van der Waals surface area (Å²) in [5.41, 5.74) is 3.60. The lowest BCUT2D eigenvalue weighted by atomic mass is 9.75. The highest BCUT2D eigenvalue weighted by molar-refractivity contribution is 5.62. The Balaban J connectivity index is 1.67. The molecule has 5 rings (SSSR count). The van der Waals surface area contributed by atoms with E-state index >= 15 is 0 Å². The molecule has 3 aromatic rings. The van der Waals surface area contributed by atoms with Gasteiger partial charge in [0.1, 0.15) is 11.5 Å². The van der Waals surface area contributed by atoms with Crippen LogP contribution in [-0.2, 0) is 13.0 Å². The summed E-state index contributed by atoms with van der Waals surface area (Å²) in [5, 5.41) is 13.8. The van der Waals surface area contributed by atoms with Crippen LogP contribution in [0, 0.1) is 5.92 Å². The first-order valence-corrected chi connectivity index (χ1v) is 9.92. The van der Waals surface area contributed by atoms with E-state index in [0.717, 1.165) is 41.9 Å². The predicted molar refractivity (Wildman–Crippen MR) is 101 cm³/mol. The molecule has 0 bridgehead atoms. The molecule has 0 saturated heterocycles. The number of para-hydroxylation sites is 1. The highest BCUT2D eigenvalue weighted by Gasteiger charge is 2.36. The summed E-state index contributed by atoms with van der Waals surface area (Å²) in [6, 6.07) is 10.4. The fourth-order valence-electron chi connectivity index (χ4n) is 4.82. The van der Waals surface area contributed by atoms with Crippen molar-refractivity contribution < 1.29 is 0 Å². The van der Waals surface area contributed by atoms with Gasteiger partial charge in [-0.1, -0.05) is 44.4 Å². The lowest BCUT2D eigenvalue weighted by molar-refractivity contribution is 0.280. The van der Waals surface area contributed by atoms with E-state index in [1.807, 2.05) is 6.07 Å². The molecule has 134 valence electrons. The molecule has 1 aliphatic carbocycles. The number of fused-ring (bicyclic) bond motifs is 3. The van der Waals surface area contributed by atoms with Gasteiger partial charge in [0.25, 0.3) is 0 Å². The van der Waals surface area contributed by atoms with Crippen LogP contribution in [0.4, 0.5) is 0 Å². The molecule has 1 aliphatic heterocycles. The van der Waals surface area contributed by atoms with Crippen molar-refractivity contribution in [2.45, 2.75) is 57.9 Å². The number of hydrogen-bond acceptors (Lipinski definition) is 3. The maximum atomic E-state index is 4.78. The predicted octanol–water partition coefficient (Wildman–Crippen LogP) is 4.37. The van der Waals surface area contributed by atoms with Gasteiger partial charge < -0.3 is 4.57 Å². The standard InChI is InChI=1S/C21H25N5/c1-2-19-23-24-21-20-17(13-22-26(20)16-11-7-4-8-12-16)18(14-25(19)21)15-9-5-3-6-10-15/h4,7-8,11-13,15,18H,2-3,5-6,9-10,14H2,1H3. The second kappa shape index (κ2) is 6.38. The molecular formula is C21H25N5. The van der Waals surface area contributed by atoms with Crippen LogP contribution >= 0.6 is 0 Å². The average Bonchev–Trinajstić information content (AvgIpc) is 3.32. The first-order valence-electron chi connectivity index (χ1n) is 9.92. The molecule has 1 atom stereocenters. The topological polar surface area (TPSA) is 48.5 Å². The van der Waals surface area contributed by atoms with Crippen LogP contribution in [-0.4, -0.2) is 24.5 Å². The van der Waals surface area contributed by atoms with Gasteiger partial charge in [0.05, 0.1) is 11.9 Å². The summed E-state index contributed by atoms with van der Waals surface area (Å²) in [5.74, 6) is 3.34. The van der Waals surface area contributed by atoms with Gasteiger partial charge >= 0.3 is 0 Å². The van der Waals surface area contributed by atoms with E-state index in [-0.39, 0.29) is 0 Å². The molecule has 2 aliphatic rings. The first kappa shape index (κ1) is 15.8. The first-order chi connectivity index (χ1) is 12.9. The Morgan fingerprint density at radius 3 is 2.62 bits per heavy atom. The van der Waals surface area contributed by atoms with Crippen molar-refractivity contribution in [1.29, 1.82) is 0 Å². The molecule has 1 fully saturated rings. The molecule has 26 heavy (non-hydrogen) atoms. The number of aryl methyl sites for hydroxylation is 1. The Bertz CT molecular complexity index is 902. The zero-order chi connectivity index (χ0) is 17.5. The van der Waals surface area contributed by atoms with Crippen LogP contribution in [0.1, 0.15) is 56.3 Å². The third kappa shape index (κ3) is 2.41. The Hall–Kier alpha value is -2.43. The molecule has 0 amide bonds. The number of aromatic nitrogens is 5. The zero-order valence-electron chi connectivity index (χ0n) is 15.3. The number of nitrogens with zero attached hydrogens (tertiary/aromatic N) is 5. The molecule has 1 saturated carbocycles. The van der Waals surface area contributed by atoms with Gasteiger partial charge in [0.15, 0.2) is 5.82 Å². The Labute approximate surface area is 154 Å². The van der Waals surface area contributed by atoms with Crippen LogP contribution in [0.5, 0.6) is 0 Å². The summed E-state index contributed by atoms with van der Waals surface area (Å²) in [6.07, 6.45) is 9.78. The maximum absolute atomic E-state index is 4.78. The normalized spacial score (nSPS) is 20.0. The number of rotatable bonds is 3. The van der Waals surface area contributed by atoms with Crippen LogP contribution in [0.25, 0.3) is 17.2 Å². The van der Waals surface area contributed by atoms with Gasteiger partial charge in [-0.2, -0.15) is 5.10 Å². The molecule has 0 N–H and O–H groups in total. The van der Waals surface area contributed by atoms with E-state index in [1.54, 1.807) is 0 Å². The van der Waals surface area contributed by atoms with Crippen molar-refractivity contribution in [3.8, 4) is 17.2 Å². The minimum absolute atomic E-state index is 0.525. The summed E-state index contributed by atoms with van der Waals surface area (Å²) in [4.78, 5) is 0. The maximum Gasteiger partial charge on any atom is 0.183 e. The second-order valence-electron chi connectivity index (χ2n) is 7.60. The Morgan fingerprint density at radius 2 is 1.85 bits per heavy atom. The number of benzene rings is 1.